The third-order valence-electron chi connectivity index (χ3n) is 4.25. The first-order chi connectivity index (χ1) is 15.2. The van der Waals surface area contributed by atoms with Gasteiger partial charge in [-0.25, -0.2) is 9.59 Å². The third kappa shape index (κ3) is 4.83. The van der Waals surface area contributed by atoms with Crippen LogP contribution in [-0.4, -0.2) is 49.5 Å². The summed E-state index contributed by atoms with van der Waals surface area (Å²) in [6, 6.07) is 5.04. The number of furan rings is 1. The predicted molar refractivity (Wildman–Crippen MR) is 110 cm³/mol. The van der Waals surface area contributed by atoms with Gasteiger partial charge in [-0.15, -0.1) is 0 Å². The summed E-state index contributed by atoms with van der Waals surface area (Å²) in [7, 11) is 2.57. The molecule has 168 valence electrons. The average molecular weight is 464 g/mol. The number of hydrogen-bond donors (Lipinski definition) is 2. The molecule has 32 heavy (non-hydrogen) atoms. The summed E-state index contributed by atoms with van der Waals surface area (Å²) in [5.74, 6) is -1.62. The SMILES string of the molecule is COC(=O)c1ccc(CN2C(=O)N/C(=C\c3cc(Cl)cc(OC)c3OCC(N)=O)C2=O)o1. The van der Waals surface area contributed by atoms with E-state index in [2.05, 4.69) is 10.1 Å². The Labute approximate surface area is 186 Å². The van der Waals surface area contributed by atoms with Crippen LogP contribution in [0.2, 0.25) is 5.02 Å². The monoisotopic (exact) mass is 463 g/mol. The van der Waals surface area contributed by atoms with Gasteiger partial charge in [-0.3, -0.25) is 14.5 Å². The number of nitrogens with two attached hydrogens (primary N) is 1. The summed E-state index contributed by atoms with van der Waals surface area (Å²) in [4.78, 5) is 48.7. The number of urea groups is 1. The highest BCUT2D eigenvalue weighted by Gasteiger charge is 2.34. The molecule has 2 aromatic rings. The standard InChI is InChI=1S/C20H18ClN3O8/c1-29-15-7-11(21)5-10(17(15)31-9-16(22)25)6-13-18(26)24(20(28)23-13)8-12-3-4-14(32-12)19(27)30-2/h3-7H,8-9H2,1-2H3,(H2,22,25)(H,23,28)/b13-6-. The summed E-state index contributed by atoms with van der Waals surface area (Å²) < 4.78 is 20.5. The quantitative estimate of drug-likeness (QED) is 0.341. The molecule has 0 spiro atoms. The van der Waals surface area contributed by atoms with E-state index in [1.807, 2.05) is 0 Å². The van der Waals surface area contributed by atoms with Crippen molar-refractivity contribution < 1.29 is 37.8 Å². The largest absolute Gasteiger partial charge is 0.493 e. The second-order valence-electron chi connectivity index (χ2n) is 6.42. The molecular weight excluding hydrogens is 446 g/mol. The molecule has 1 aromatic heterocycles. The summed E-state index contributed by atoms with van der Waals surface area (Å²) >= 11 is 6.10. The van der Waals surface area contributed by atoms with Crippen LogP contribution in [0.3, 0.4) is 0 Å². The number of amides is 4. The third-order valence-corrected chi connectivity index (χ3v) is 4.47. The van der Waals surface area contributed by atoms with Crippen LogP contribution in [0, 0.1) is 0 Å². The number of benzene rings is 1. The van der Waals surface area contributed by atoms with E-state index in [4.69, 9.17) is 31.2 Å². The Morgan fingerprint density at radius 1 is 1.25 bits per heavy atom. The van der Waals surface area contributed by atoms with Gasteiger partial charge in [-0.05, 0) is 24.3 Å². The molecule has 1 saturated heterocycles. The summed E-state index contributed by atoms with van der Waals surface area (Å²) in [5.41, 5.74) is 5.32. The Bertz CT molecular complexity index is 1120. The normalized spacial score (nSPS) is 14.5. The molecule has 1 aliphatic rings. The minimum absolute atomic E-state index is 0.0624. The van der Waals surface area contributed by atoms with Crippen LogP contribution < -0.4 is 20.5 Å². The van der Waals surface area contributed by atoms with Gasteiger partial charge >= 0.3 is 12.0 Å². The lowest BCUT2D eigenvalue weighted by molar-refractivity contribution is -0.123. The molecule has 0 bridgehead atoms. The summed E-state index contributed by atoms with van der Waals surface area (Å²) in [5, 5.41) is 2.71. The van der Waals surface area contributed by atoms with Crippen molar-refractivity contribution in [2.75, 3.05) is 20.8 Å². The van der Waals surface area contributed by atoms with Gasteiger partial charge in [0.2, 0.25) is 5.76 Å². The Kier molecular flexibility index (Phi) is 6.69. The van der Waals surface area contributed by atoms with Gasteiger partial charge in [0.05, 0.1) is 20.8 Å². The van der Waals surface area contributed by atoms with E-state index in [-0.39, 0.29) is 45.8 Å². The number of methoxy groups -OCH3 is 2. The predicted octanol–water partition coefficient (Wildman–Crippen LogP) is 1.69. The molecule has 1 fully saturated rings. The van der Waals surface area contributed by atoms with Crippen molar-refractivity contribution in [3.05, 3.63) is 52.1 Å². The lowest BCUT2D eigenvalue weighted by Crippen LogP contribution is -2.30. The van der Waals surface area contributed by atoms with Gasteiger partial charge in [0.15, 0.2) is 18.1 Å². The van der Waals surface area contributed by atoms with Gasteiger partial charge in [-0.1, -0.05) is 11.6 Å². The van der Waals surface area contributed by atoms with Crippen LogP contribution in [0.1, 0.15) is 21.9 Å². The molecule has 1 aliphatic heterocycles. The maximum atomic E-state index is 12.8. The number of rotatable bonds is 8. The molecule has 0 aliphatic carbocycles. The molecule has 12 heteroatoms. The Balaban J connectivity index is 1.88. The van der Waals surface area contributed by atoms with E-state index >= 15 is 0 Å². The second kappa shape index (κ2) is 9.43. The molecule has 0 saturated carbocycles. The first kappa shape index (κ1) is 22.7. The van der Waals surface area contributed by atoms with Gasteiger partial charge in [0.25, 0.3) is 11.8 Å². The highest BCUT2D eigenvalue weighted by atomic mass is 35.5. The molecular formula is C20H18ClN3O8. The molecule has 0 radical (unpaired) electrons. The highest BCUT2D eigenvalue weighted by molar-refractivity contribution is 6.31. The number of ether oxygens (including phenoxy) is 3. The van der Waals surface area contributed by atoms with Crippen molar-refractivity contribution in [1.29, 1.82) is 0 Å². The van der Waals surface area contributed by atoms with E-state index in [0.717, 1.165) is 4.90 Å². The van der Waals surface area contributed by atoms with Crippen molar-refractivity contribution in [1.82, 2.24) is 10.2 Å². The van der Waals surface area contributed by atoms with E-state index in [0.29, 0.717) is 0 Å². The number of esters is 1. The fourth-order valence-corrected chi connectivity index (χ4v) is 3.06. The molecule has 2 heterocycles. The van der Waals surface area contributed by atoms with Crippen molar-refractivity contribution in [3.63, 3.8) is 0 Å². The van der Waals surface area contributed by atoms with E-state index in [9.17, 15) is 19.2 Å². The van der Waals surface area contributed by atoms with Crippen molar-refractivity contribution in [3.8, 4) is 11.5 Å². The molecule has 0 unspecified atom stereocenters. The number of imide groups is 1. The van der Waals surface area contributed by atoms with Gasteiger partial charge in [0, 0.05) is 16.7 Å². The second-order valence-corrected chi connectivity index (χ2v) is 6.85. The van der Waals surface area contributed by atoms with Gasteiger partial charge < -0.3 is 29.7 Å². The zero-order valence-electron chi connectivity index (χ0n) is 17.0. The molecule has 0 atom stereocenters. The maximum Gasteiger partial charge on any atom is 0.373 e. The first-order valence-electron chi connectivity index (χ1n) is 9.03. The molecule has 4 amide bonds. The summed E-state index contributed by atoms with van der Waals surface area (Å²) in [6.45, 7) is -0.662. The average Bonchev–Trinajstić information content (AvgIpc) is 3.32. The first-order valence-corrected chi connectivity index (χ1v) is 9.41. The van der Waals surface area contributed by atoms with Crippen LogP contribution in [0.5, 0.6) is 11.5 Å². The van der Waals surface area contributed by atoms with Crippen molar-refractivity contribution in [2.24, 2.45) is 5.73 Å². The minimum atomic E-state index is -0.721. The number of primary amides is 1. The lowest BCUT2D eigenvalue weighted by atomic mass is 10.1. The molecule has 3 N–H and O–H groups in total. The maximum absolute atomic E-state index is 12.8. The van der Waals surface area contributed by atoms with Crippen LogP contribution in [0.15, 0.2) is 34.4 Å². The smallest absolute Gasteiger partial charge is 0.373 e. The number of nitrogens with zero attached hydrogens (tertiary/aromatic N) is 1. The topological polar surface area (TPSA) is 150 Å². The van der Waals surface area contributed by atoms with Crippen LogP contribution in [0.25, 0.3) is 6.08 Å². The van der Waals surface area contributed by atoms with Crippen molar-refractivity contribution in [2.45, 2.75) is 6.54 Å². The molecule has 1 aromatic carbocycles. The fourth-order valence-electron chi connectivity index (χ4n) is 2.85. The summed E-state index contributed by atoms with van der Waals surface area (Å²) in [6.07, 6.45) is 1.33. The fraction of sp³-hybridized carbons (Fsp3) is 0.200. The molecule has 11 nitrogen and oxygen atoms in total. The number of carbonyl (C=O) groups is 4. The van der Waals surface area contributed by atoms with Crippen LogP contribution in [0.4, 0.5) is 4.79 Å². The van der Waals surface area contributed by atoms with E-state index < -0.39 is 30.4 Å². The number of halogens is 1. The molecule has 3 rings (SSSR count). The van der Waals surface area contributed by atoms with E-state index in [1.54, 1.807) is 0 Å². The highest BCUT2D eigenvalue weighted by Crippen LogP contribution is 2.36. The van der Waals surface area contributed by atoms with Crippen molar-refractivity contribution >= 4 is 41.5 Å². The lowest BCUT2D eigenvalue weighted by Gasteiger charge is -2.13. The number of nitrogens with one attached hydrogen (secondary N) is 1. The zero-order valence-corrected chi connectivity index (χ0v) is 17.7. The van der Waals surface area contributed by atoms with Crippen LogP contribution in [-0.2, 0) is 20.9 Å². The van der Waals surface area contributed by atoms with Gasteiger partial charge in [-0.2, -0.15) is 0 Å². The van der Waals surface area contributed by atoms with Crippen LogP contribution >= 0.6 is 11.6 Å². The number of carbonyl (C=O) groups excluding carboxylic acids is 4. The van der Waals surface area contributed by atoms with E-state index in [1.165, 1.54) is 44.6 Å². The minimum Gasteiger partial charge on any atom is -0.493 e. The number of hydrogen-bond acceptors (Lipinski definition) is 8. The Morgan fingerprint density at radius 2 is 2.00 bits per heavy atom. The zero-order chi connectivity index (χ0) is 23.4. The Morgan fingerprint density at radius 3 is 2.66 bits per heavy atom. The Hall–Kier alpha value is -3.99. The van der Waals surface area contributed by atoms with Gasteiger partial charge in [0.1, 0.15) is 11.5 Å².